The van der Waals surface area contributed by atoms with Crippen LogP contribution in [0.3, 0.4) is 0 Å². The van der Waals surface area contributed by atoms with Crippen molar-refractivity contribution in [2.45, 2.75) is 31.6 Å². The van der Waals surface area contributed by atoms with Gasteiger partial charge < -0.3 is 15.6 Å². The van der Waals surface area contributed by atoms with E-state index >= 15 is 0 Å². The highest BCUT2D eigenvalue weighted by molar-refractivity contribution is 6.15. The number of carbonyl (C=O) groups excluding carboxylic acids is 2. The van der Waals surface area contributed by atoms with E-state index in [1.165, 1.54) is 6.33 Å². The Kier molecular flexibility index (Phi) is 6.84. The molecule has 1 aliphatic carbocycles. The zero-order valence-corrected chi connectivity index (χ0v) is 20.9. The number of benzene rings is 3. The summed E-state index contributed by atoms with van der Waals surface area (Å²) in [6, 6.07) is 12.4. The summed E-state index contributed by atoms with van der Waals surface area (Å²) in [6.45, 7) is 0. The first-order valence-electron chi connectivity index (χ1n) is 12.3. The number of amides is 2. The fourth-order valence-electron chi connectivity index (χ4n) is 4.61. The minimum atomic E-state index is -5.08. The van der Waals surface area contributed by atoms with Gasteiger partial charge >= 0.3 is 12.4 Å². The molecule has 1 fully saturated rings. The predicted octanol–water partition coefficient (Wildman–Crippen LogP) is 6.38. The van der Waals surface area contributed by atoms with Gasteiger partial charge in [0, 0.05) is 11.4 Å². The predicted molar refractivity (Wildman–Crippen MR) is 138 cm³/mol. The molecule has 1 aromatic heterocycles. The smallest absolute Gasteiger partial charge is 0.325 e. The molecule has 3 aromatic carbocycles. The van der Waals surface area contributed by atoms with E-state index in [0.29, 0.717) is 35.1 Å². The van der Waals surface area contributed by atoms with Crippen LogP contribution < -0.4 is 16.2 Å². The monoisotopic (exact) mass is 574 g/mol. The highest BCUT2D eigenvalue weighted by atomic mass is 19.4. The lowest BCUT2D eigenvalue weighted by Gasteiger charge is -2.38. The molecule has 4 aromatic rings. The highest BCUT2D eigenvalue weighted by Crippen LogP contribution is 2.44. The average molecular weight is 574 g/mol. The van der Waals surface area contributed by atoms with Gasteiger partial charge in [0.15, 0.2) is 0 Å². The summed E-state index contributed by atoms with van der Waals surface area (Å²) in [7, 11) is 0. The number of H-pyrrole nitrogens is 1. The van der Waals surface area contributed by atoms with Crippen LogP contribution in [0.2, 0.25) is 0 Å². The van der Waals surface area contributed by atoms with Gasteiger partial charge in [0.1, 0.15) is 5.41 Å². The molecule has 1 aliphatic rings. The van der Waals surface area contributed by atoms with Crippen molar-refractivity contribution in [2.24, 2.45) is 5.41 Å². The number of carbonyl (C=O) groups is 2. The summed E-state index contributed by atoms with van der Waals surface area (Å²) in [5.41, 5.74) is -3.50. The second kappa shape index (κ2) is 10.1. The number of anilines is 2. The minimum absolute atomic E-state index is 0.0424. The minimum Gasteiger partial charge on any atom is -0.325 e. The van der Waals surface area contributed by atoms with Crippen LogP contribution in [0.25, 0.3) is 22.0 Å². The number of hydrogen-bond acceptors (Lipinski definition) is 4. The summed E-state index contributed by atoms with van der Waals surface area (Å²) in [5, 5.41) is 5.14. The molecular weight excluding hydrogens is 554 g/mol. The van der Waals surface area contributed by atoms with Crippen LogP contribution >= 0.6 is 0 Å². The largest absolute Gasteiger partial charge is 0.416 e. The van der Waals surface area contributed by atoms with Gasteiger partial charge in [-0.2, -0.15) is 26.3 Å². The van der Waals surface area contributed by atoms with Crippen molar-refractivity contribution in [1.82, 2.24) is 9.97 Å². The van der Waals surface area contributed by atoms with Crippen LogP contribution in [-0.2, 0) is 21.9 Å². The fraction of sp³-hybridized carbons (Fsp3) is 0.214. The van der Waals surface area contributed by atoms with E-state index in [9.17, 15) is 40.7 Å². The Morgan fingerprint density at radius 1 is 0.756 bits per heavy atom. The number of hydrogen-bond donors (Lipinski definition) is 3. The van der Waals surface area contributed by atoms with Crippen LogP contribution in [0.15, 0.2) is 71.8 Å². The van der Waals surface area contributed by atoms with E-state index in [2.05, 4.69) is 20.6 Å². The molecule has 1 saturated carbocycles. The quantitative estimate of drug-likeness (QED) is 0.190. The van der Waals surface area contributed by atoms with Crippen molar-refractivity contribution in [2.75, 3.05) is 10.6 Å². The Morgan fingerprint density at radius 2 is 1.32 bits per heavy atom. The van der Waals surface area contributed by atoms with Crippen LogP contribution in [-0.4, -0.2) is 21.8 Å². The molecule has 41 heavy (non-hydrogen) atoms. The summed E-state index contributed by atoms with van der Waals surface area (Å²) in [4.78, 5) is 44.8. The lowest BCUT2D eigenvalue weighted by Crippen LogP contribution is -2.51. The summed E-state index contributed by atoms with van der Waals surface area (Å²) in [5.74, 6) is -1.73. The highest BCUT2D eigenvalue weighted by Gasteiger charge is 2.51. The number of nitrogens with zero attached hydrogens (tertiary/aromatic N) is 1. The zero-order valence-electron chi connectivity index (χ0n) is 20.9. The van der Waals surface area contributed by atoms with E-state index in [1.54, 1.807) is 42.5 Å². The number of rotatable bonds is 5. The van der Waals surface area contributed by atoms with Gasteiger partial charge in [-0.15, -0.1) is 0 Å². The zero-order chi connectivity index (χ0) is 29.6. The number of nitrogens with one attached hydrogen (secondary N) is 3. The van der Waals surface area contributed by atoms with Crippen molar-refractivity contribution in [3.63, 3.8) is 0 Å². The van der Waals surface area contributed by atoms with Gasteiger partial charge in [-0.3, -0.25) is 14.4 Å². The molecule has 0 bridgehead atoms. The Morgan fingerprint density at radius 3 is 1.85 bits per heavy atom. The molecule has 2 amide bonds. The molecule has 5 rings (SSSR count). The summed E-state index contributed by atoms with van der Waals surface area (Å²) >= 11 is 0. The van der Waals surface area contributed by atoms with Gasteiger partial charge in [0.25, 0.3) is 5.56 Å². The third-order valence-corrected chi connectivity index (χ3v) is 7.04. The molecular formula is C28H20F6N4O3. The first-order valence-corrected chi connectivity index (χ1v) is 12.3. The third kappa shape index (κ3) is 5.52. The van der Waals surface area contributed by atoms with Crippen LogP contribution in [0.5, 0.6) is 0 Å². The Balaban J connectivity index is 1.34. The van der Waals surface area contributed by atoms with Crippen LogP contribution in [0.1, 0.15) is 30.4 Å². The molecule has 0 atom stereocenters. The number of alkyl halides is 6. The van der Waals surface area contributed by atoms with E-state index in [4.69, 9.17) is 0 Å². The maximum Gasteiger partial charge on any atom is 0.416 e. The van der Waals surface area contributed by atoms with Crippen molar-refractivity contribution >= 4 is 34.1 Å². The third-order valence-electron chi connectivity index (χ3n) is 7.04. The number of aromatic amines is 1. The SMILES string of the molecule is O=C(Nc1ccc(-c2ccc3c(=O)[nH]cnc3c2)cc1)C1(C(=O)Nc2cc(C(F)(F)F)cc(C(F)(F)F)c2)CCC1. The maximum absolute atomic E-state index is 13.2. The van der Waals surface area contributed by atoms with Crippen molar-refractivity contribution < 1.29 is 35.9 Å². The Labute approximate surface area is 227 Å². The first kappa shape index (κ1) is 27.9. The Bertz CT molecular complexity index is 1680. The molecule has 0 spiro atoms. The lowest BCUT2D eigenvalue weighted by atomic mass is 9.67. The van der Waals surface area contributed by atoms with E-state index < -0.39 is 46.4 Å². The van der Waals surface area contributed by atoms with Crippen molar-refractivity contribution in [3.05, 3.63) is 88.5 Å². The first-order chi connectivity index (χ1) is 19.3. The number of fused-ring (bicyclic) bond motifs is 1. The summed E-state index contributed by atoms with van der Waals surface area (Å²) < 4.78 is 79.3. The van der Waals surface area contributed by atoms with E-state index in [1.807, 2.05) is 0 Å². The van der Waals surface area contributed by atoms with Gasteiger partial charge in [-0.05, 0) is 66.4 Å². The van der Waals surface area contributed by atoms with Crippen molar-refractivity contribution in [1.29, 1.82) is 0 Å². The van der Waals surface area contributed by atoms with Gasteiger partial charge in [-0.25, -0.2) is 4.98 Å². The molecule has 7 nitrogen and oxygen atoms in total. The normalized spacial score (nSPS) is 14.8. The molecule has 0 unspecified atom stereocenters. The Hall–Kier alpha value is -4.68. The molecule has 212 valence electrons. The molecule has 1 heterocycles. The van der Waals surface area contributed by atoms with Gasteiger partial charge in [0.05, 0.1) is 28.4 Å². The van der Waals surface area contributed by atoms with E-state index in [0.717, 1.165) is 11.1 Å². The van der Waals surface area contributed by atoms with E-state index in [-0.39, 0.29) is 24.5 Å². The van der Waals surface area contributed by atoms with Crippen LogP contribution in [0, 0.1) is 5.41 Å². The lowest BCUT2D eigenvalue weighted by molar-refractivity contribution is -0.145. The number of aromatic nitrogens is 2. The van der Waals surface area contributed by atoms with Gasteiger partial charge in [-0.1, -0.05) is 24.6 Å². The fourth-order valence-corrected chi connectivity index (χ4v) is 4.61. The average Bonchev–Trinajstić information content (AvgIpc) is 2.87. The molecule has 0 radical (unpaired) electrons. The molecule has 0 saturated heterocycles. The maximum atomic E-state index is 13.2. The summed E-state index contributed by atoms with van der Waals surface area (Å²) in [6.07, 6.45) is -8.27. The second-order valence-corrected chi connectivity index (χ2v) is 9.68. The molecule has 3 N–H and O–H groups in total. The van der Waals surface area contributed by atoms with Crippen molar-refractivity contribution in [3.8, 4) is 11.1 Å². The van der Waals surface area contributed by atoms with Crippen LogP contribution in [0.4, 0.5) is 37.7 Å². The number of halogens is 6. The second-order valence-electron chi connectivity index (χ2n) is 9.68. The standard InChI is InChI=1S/C28H20F6N4O3/c29-27(30,31)17-11-18(28(32,33)34)13-20(12-17)38-25(41)26(8-1-9-26)24(40)37-19-5-2-15(3-6-19)16-4-7-21-22(10-16)35-14-36-23(21)39/h2-7,10-14H,1,8-9H2,(H,37,40)(H,38,41)(H,35,36,39). The molecule has 13 heteroatoms. The topological polar surface area (TPSA) is 104 Å². The van der Waals surface area contributed by atoms with Gasteiger partial charge in [0.2, 0.25) is 11.8 Å². The molecule has 0 aliphatic heterocycles.